The number of aliphatic hydroxyl groups excluding tert-OH is 1. The van der Waals surface area contributed by atoms with Crippen LogP contribution in [0.3, 0.4) is 0 Å². The van der Waals surface area contributed by atoms with Crippen molar-refractivity contribution >= 4 is 29.1 Å². The fourth-order valence-electron chi connectivity index (χ4n) is 7.75. The summed E-state index contributed by atoms with van der Waals surface area (Å²) in [6, 6.07) is 0. The molecule has 0 aromatic carbocycles. The number of ketones is 2. The Morgan fingerprint density at radius 3 is 2.62 bits per heavy atom. The molecule has 0 bridgehead atoms. The minimum absolute atomic E-state index is 0.0285. The minimum atomic E-state index is -1.99. The van der Waals surface area contributed by atoms with Crippen LogP contribution in [0.4, 0.5) is 4.39 Å². The van der Waals surface area contributed by atoms with Gasteiger partial charge in [-0.2, -0.15) is 0 Å². The van der Waals surface area contributed by atoms with Crippen LogP contribution in [0.15, 0.2) is 23.8 Å². The maximum atomic E-state index is 17.2. The van der Waals surface area contributed by atoms with E-state index in [4.69, 9.17) is 16.3 Å². The zero-order chi connectivity index (χ0) is 23.7. The average Bonchev–Trinajstić information content (AvgIpc) is 2.96. The second kappa shape index (κ2) is 7.49. The summed E-state index contributed by atoms with van der Waals surface area (Å²) < 4.78 is 23.1. The maximum absolute atomic E-state index is 17.2. The number of esters is 1. The molecule has 4 aliphatic rings. The van der Waals surface area contributed by atoms with Crippen LogP contribution in [-0.4, -0.2) is 45.9 Å². The lowest BCUT2D eigenvalue weighted by Crippen LogP contribution is -2.70. The van der Waals surface area contributed by atoms with Crippen LogP contribution >= 0.6 is 11.6 Å². The average molecular weight is 467 g/mol. The van der Waals surface area contributed by atoms with Crippen LogP contribution in [0.25, 0.3) is 0 Å². The number of rotatable bonds is 4. The summed E-state index contributed by atoms with van der Waals surface area (Å²) in [4.78, 5) is 37.7. The van der Waals surface area contributed by atoms with E-state index in [0.717, 1.165) is 0 Å². The van der Waals surface area contributed by atoms with E-state index < -0.39 is 40.1 Å². The number of hydrogen-bond donors (Lipinski definition) is 1. The fraction of sp³-hybridized carbons (Fsp3) is 0.720. The molecule has 0 saturated heterocycles. The highest BCUT2D eigenvalue weighted by Gasteiger charge is 2.77. The van der Waals surface area contributed by atoms with E-state index in [1.54, 1.807) is 19.9 Å². The highest BCUT2D eigenvalue weighted by atomic mass is 35.5. The second-order valence-electron chi connectivity index (χ2n) is 10.5. The Bertz CT molecular complexity index is 929. The molecule has 0 amide bonds. The van der Waals surface area contributed by atoms with Crippen molar-refractivity contribution in [3.63, 3.8) is 0 Å². The van der Waals surface area contributed by atoms with E-state index in [9.17, 15) is 19.5 Å². The summed E-state index contributed by atoms with van der Waals surface area (Å²) in [5.74, 6) is -2.57. The number of ether oxygens (including phenoxy) is 1. The Kier molecular flexibility index (Phi) is 5.53. The van der Waals surface area contributed by atoms with Crippen LogP contribution in [0.2, 0.25) is 0 Å². The highest BCUT2D eigenvalue weighted by Crippen LogP contribution is 2.71. The topological polar surface area (TPSA) is 80.7 Å². The van der Waals surface area contributed by atoms with Crippen LogP contribution < -0.4 is 0 Å². The lowest BCUT2D eigenvalue weighted by molar-refractivity contribution is -0.227. The lowest BCUT2D eigenvalue weighted by Gasteiger charge is -2.62. The monoisotopic (exact) mass is 466 g/mol. The zero-order valence-electron chi connectivity index (χ0n) is 19.1. The summed E-state index contributed by atoms with van der Waals surface area (Å²) in [5, 5.41) is 11.4. The van der Waals surface area contributed by atoms with Gasteiger partial charge in [0.05, 0.1) is 12.0 Å². The largest absolute Gasteiger partial charge is 0.450 e. The number of fused-ring (bicyclic) bond motifs is 5. The summed E-state index contributed by atoms with van der Waals surface area (Å²) in [6.07, 6.45) is 4.67. The van der Waals surface area contributed by atoms with Gasteiger partial charge in [-0.05, 0) is 50.7 Å². The number of allylic oxidation sites excluding steroid dienone is 4. The molecule has 5 nitrogen and oxygen atoms in total. The number of hydrogen-bond acceptors (Lipinski definition) is 5. The predicted octanol–water partition coefficient (Wildman–Crippen LogP) is 4.10. The smallest absolute Gasteiger partial charge is 0.306 e. The van der Waals surface area contributed by atoms with Crippen molar-refractivity contribution in [2.75, 3.05) is 5.88 Å². The van der Waals surface area contributed by atoms with Crippen LogP contribution in [0.1, 0.15) is 59.8 Å². The van der Waals surface area contributed by atoms with Gasteiger partial charge in [0.1, 0.15) is 0 Å². The number of halogens is 2. The number of aliphatic hydroxyl groups is 1. The van der Waals surface area contributed by atoms with Gasteiger partial charge in [0.15, 0.2) is 22.8 Å². The highest BCUT2D eigenvalue weighted by molar-refractivity contribution is 6.29. The first kappa shape index (κ1) is 23.6. The fourth-order valence-corrected chi connectivity index (χ4v) is 7.95. The van der Waals surface area contributed by atoms with Crippen LogP contribution in [-0.2, 0) is 19.1 Å². The molecule has 0 aromatic heterocycles. The van der Waals surface area contributed by atoms with Gasteiger partial charge in [-0.25, -0.2) is 4.39 Å². The number of carbonyl (C=O) groups is 3. The summed E-state index contributed by atoms with van der Waals surface area (Å²) in [6.45, 7) is 7.13. The van der Waals surface area contributed by atoms with Crippen molar-refractivity contribution in [2.24, 2.45) is 28.6 Å². The molecule has 3 fully saturated rings. The quantitative estimate of drug-likeness (QED) is 0.498. The molecule has 0 heterocycles. The Morgan fingerprint density at radius 1 is 1.31 bits per heavy atom. The van der Waals surface area contributed by atoms with Gasteiger partial charge in [0.2, 0.25) is 0 Å². The molecule has 0 radical (unpaired) electrons. The van der Waals surface area contributed by atoms with Gasteiger partial charge in [0, 0.05) is 29.1 Å². The Balaban J connectivity index is 1.85. The van der Waals surface area contributed by atoms with Crippen molar-refractivity contribution in [1.82, 2.24) is 0 Å². The van der Waals surface area contributed by atoms with Crippen molar-refractivity contribution in [3.8, 4) is 0 Å². The SMILES string of the molecule is CCC(=O)OC1(C(=O)CCl)[C@@H](C)C[C@H]2[C@@H]3CCC4=CC(=O)C=C[C@]4(C)[C@@]3(F)[C@@H](O)C[C@@]21C. The van der Waals surface area contributed by atoms with Gasteiger partial charge in [-0.1, -0.05) is 32.4 Å². The molecule has 3 saturated carbocycles. The molecule has 4 aliphatic carbocycles. The van der Waals surface area contributed by atoms with Gasteiger partial charge in [0.25, 0.3) is 0 Å². The third-order valence-corrected chi connectivity index (χ3v) is 9.52. The molecule has 7 heteroatoms. The number of alkyl halides is 2. The van der Waals surface area contributed by atoms with E-state index >= 15 is 4.39 Å². The number of carbonyl (C=O) groups excluding carboxylic acids is 3. The zero-order valence-corrected chi connectivity index (χ0v) is 19.9. The Labute approximate surface area is 193 Å². The summed E-state index contributed by atoms with van der Waals surface area (Å²) in [7, 11) is 0. The molecular formula is C25H32ClFO5. The first-order valence-electron chi connectivity index (χ1n) is 11.5. The van der Waals surface area contributed by atoms with E-state index in [0.29, 0.717) is 24.8 Å². The maximum Gasteiger partial charge on any atom is 0.306 e. The first-order valence-corrected chi connectivity index (χ1v) is 12.1. The lowest BCUT2D eigenvalue weighted by atomic mass is 9.44. The van der Waals surface area contributed by atoms with Crippen molar-refractivity contribution in [1.29, 1.82) is 0 Å². The van der Waals surface area contributed by atoms with E-state index in [2.05, 4.69) is 0 Å². The molecule has 32 heavy (non-hydrogen) atoms. The summed E-state index contributed by atoms with van der Waals surface area (Å²) in [5.41, 5.74) is -4.83. The molecular weight excluding hydrogens is 435 g/mol. The Hall–Kier alpha value is -1.53. The molecule has 0 aliphatic heterocycles. The van der Waals surface area contributed by atoms with Crippen molar-refractivity contribution in [2.45, 2.75) is 77.2 Å². The third-order valence-electron chi connectivity index (χ3n) is 9.28. The van der Waals surface area contributed by atoms with Gasteiger partial charge >= 0.3 is 5.97 Å². The standard InChI is InChI=1S/C25H32ClFO5/c1-5-21(31)32-25(20(30)13-26)14(2)10-18-17-7-6-15-11-16(28)8-9-22(15,3)24(17,27)19(29)12-23(18,25)4/h8-9,11,14,17-19,29H,5-7,10,12-13H2,1-4H3/t14-,17-,18-,19-,22-,23-,24-,25?/m0/s1. The summed E-state index contributed by atoms with van der Waals surface area (Å²) >= 11 is 6.01. The van der Waals surface area contributed by atoms with Crippen molar-refractivity contribution in [3.05, 3.63) is 23.8 Å². The van der Waals surface area contributed by atoms with Crippen LogP contribution in [0.5, 0.6) is 0 Å². The van der Waals surface area contributed by atoms with E-state index in [1.807, 2.05) is 13.8 Å². The first-order chi connectivity index (χ1) is 14.9. The minimum Gasteiger partial charge on any atom is -0.450 e. The van der Waals surface area contributed by atoms with Crippen LogP contribution in [0, 0.1) is 28.6 Å². The normalized spacial score (nSPS) is 47.2. The predicted molar refractivity (Wildman–Crippen MR) is 118 cm³/mol. The molecule has 0 aromatic rings. The van der Waals surface area contributed by atoms with E-state index in [-0.39, 0.29) is 42.1 Å². The van der Waals surface area contributed by atoms with Gasteiger partial charge in [-0.15, -0.1) is 11.6 Å². The van der Waals surface area contributed by atoms with Crippen molar-refractivity contribution < 1.29 is 28.6 Å². The molecule has 1 N–H and O–H groups in total. The van der Waals surface area contributed by atoms with E-state index in [1.165, 1.54) is 12.2 Å². The molecule has 8 atom stereocenters. The van der Waals surface area contributed by atoms with Gasteiger partial charge in [-0.3, -0.25) is 14.4 Å². The molecule has 1 unspecified atom stereocenters. The molecule has 4 rings (SSSR count). The number of Topliss-reactive ketones (excluding diaryl/α,β-unsaturated/α-hetero) is 1. The second-order valence-corrected chi connectivity index (χ2v) is 10.8. The molecule has 176 valence electrons. The van der Waals surface area contributed by atoms with Gasteiger partial charge < -0.3 is 9.84 Å². The Morgan fingerprint density at radius 2 is 2.00 bits per heavy atom. The third kappa shape index (κ3) is 2.68. The molecule has 0 spiro atoms.